The predicted octanol–water partition coefficient (Wildman–Crippen LogP) is 0.677. The van der Waals surface area contributed by atoms with Crippen molar-refractivity contribution < 1.29 is 26.7 Å². The van der Waals surface area contributed by atoms with Gasteiger partial charge in [0.2, 0.25) is 0 Å². The number of rotatable bonds is 4. The summed E-state index contributed by atoms with van der Waals surface area (Å²) in [6.07, 6.45) is -5.13. The second-order valence-electron chi connectivity index (χ2n) is 4.35. The highest BCUT2D eigenvalue weighted by molar-refractivity contribution is 5.84. The van der Waals surface area contributed by atoms with Crippen molar-refractivity contribution in [3.8, 4) is 0 Å². The number of hydrogen-bond donors (Lipinski definition) is 1. The first-order valence-corrected chi connectivity index (χ1v) is 5.86. The normalized spacial score (nSPS) is 18.7. The van der Waals surface area contributed by atoms with Crippen LogP contribution in [0, 0.1) is 0 Å². The number of alkyl halides is 5. The van der Waals surface area contributed by atoms with E-state index in [-0.39, 0.29) is 26.2 Å². The number of hydrogen-bond acceptors (Lipinski definition) is 3. The van der Waals surface area contributed by atoms with Crippen LogP contribution < -0.4 is 5.73 Å². The lowest BCUT2D eigenvalue weighted by molar-refractivity contribution is -0.274. The highest BCUT2D eigenvalue weighted by Crippen LogP contribution is 2.37. The number of amides is 1. The van der Waals surface area contributed by atoms with Crippen molar-refractivity contribution in [3.63, 3.8) is 0 Å². The fourth-order valence-corrected chi connectivity index (χ4v) is 1.81. The zero-order valence-corrected chi connectivity index (χ0v) is 10.2. The average molecular weight is 289 g/mol. The molecule has 1 heterocycles. The van der Waals surface area contributed by atoms with E-state index >= 15 is 0 Å². The van der Waals surface area contributed by atoms with E-state index in [0.717, 1.165) is 0 Å². The number of carbonyl (C=O) groups excluding carboxylic acids is 1. The monoisotopic (exact) mass is 289 g/mol. The highest BCUT2D eigenvalue weighted by atomic mass is 19.4. The van der Waals surface area contributed by atoms with Crippen LogP contribution in [0.5, 0.6) is 0 Å². The first-order valence-electron chi connectivity index (χ1n) is 5.86. The van der Waals surface area contributed by atoms with Gasteiger partial charge in [-0.15, -0.1) is 0 Å². The standard InChI is InChI=1S/C10H16F5N3O/c11-9(12,10(13,14)15)8(19)18-6-4-17(5-7-18)3-1-2-16/h1-7,16H2. The fraction of sp³-hybridized carbons (Fsp3) is 0.900. The van der Waals surface area contributed by atoms with Gasteiger partial charge in [-0.2, -0.15) is 22.0 Å². The van der Waals surface area contributed by atoms with Crippen LogP contribution in [0.25, 0.3) is 0 Å². The summed E-state index contributed by atoms with van der Waals surface area (Å²) in [5, 5.41) is 0. The number of piperazine rings is 1. The number of carbonyl (C=O) groups is 1. The van der Waals surface area contributed by atoms with Gasteiger partial charge >= 0.3 is 18.0 Å². The molecule has 0 bridgehead atoms. The Hall–Kier alpha value is -0.960. The zero-order valence-electron chi connectivity index (χ0n) is 10.2. The van der Waals surface area contributed by atoms with Gasteiger partial charge in [-0.05, 0) is 19.5 Å². The second kappa shape index (κ2) is 6.00. The lowest BCUT2D eigenvalue weighted by atomic mass is 10.2. The van der Waals surface area contributed by atoms with Gasteiger partial charge in [0.05, 0.1) is 0 Å². The molecule has 0 unspecified atom stereocenters. The molecule has 1 amide bonds. The topological polar surface area (TPSA) is 49.6 Å². The van der Waals surface area contributed by atoms with E-state index in [1.165, 1.54) is 0 Å². The van der Waals surface area contributed by atoms with Gasteiger partial charge in [0.15, 0.2) is 0 Å². The Kier molecular flexibility index (Phi) is 5.08. The van der Waals surface area contributed by atoms with Crippen LogP contribution in [0.4, 0.5) is 22.0 Å². The molecule has 1 fully saturated rings. The van der Waals surface area contributed by atoms with E-state index in [2.05, 4.69) is 0 Å². The minimum atomic E-state index is -5.85. The van der Waals surface area contributed by atoms with Crippen molar-refractivity contribution in [1.29, 1.82) is 0 Å². The lowest BCUT2D eigenvalue weighted by Crippen LogP contribution is -2.57. The van der Waals surface area contributed by atoms with Crippen LogP contribution in [0.3, 0.4) is 0 Å². The third-order valence-electron chi connectivity index (χ3n) is 2.96. The maximum absolute atomic E-state index is 12.9. The molecule has 4 nitrogen and oxygen atoms in total. The summed E-state index contributed by atoms with van der Waals surface area (Å²) < 4.78 is 61.9. The van der Waals surface area contributed by atoms with Gasteiger partial charge in [0.1, 0.15) is 0 Å². The Labute approximate surface area is 107 Å². The van der Waals surface area contributed by atoms with Gasteiger partial charge in [-0.25, -0.2) is 0 Å². The van der Waals surface area contributed by atoms with E-state index in [0.29, 0.717) is 24.4 Å². The van der Waals surface area contributed by atoms with E-state index in [9.17, 15) is 26.7 Å². The molecular weight excluding hydrogens is 273 g/mol. The molecule has 112 valence electrons. The molecule has 0 spiro atoms. The largest absolute Gasteiger partial charge is 0.463 e. The maximum atomic E-state index is 12.9. The second-order valence-corrected chi connectivity index (χ2v) is 4.35. The molecular formula is C10H16F5N3O. The van der Waals surface area contributed by atoms with Crippen molar-refractivity contribution >= 4 is 5.91 Å². The van der Waals surface area contributed by atoms with Crippen LogP contribution >= 0.6 is 0 Å². The van der Waals surface area contributed by atoms with Crippen LogP contribution in [0.1, 0.15) is 6.42 Å². The van der Waals surface area contributed by atoms with Gasteiger partial charge < -0.3 is 10.6 Å². The summed E-state index contributed by atoms with van der Waals surface area (Å²) >= 11 is 0. The van der Waals surface area contributed by atoms with Crippen LogP contribution in [-0.4, -0.2) is 67.1 Å². The van der Waals surface area contributed by atoms with Crippen molar-refractivity contribution in [2.45, 2.75) is 18.5 Å². The molecule has 0 aromatic carbocycles. The summed E-state index contributed by atoms with van der Waals surface area (Å²) in [5.74, 6) is -7.48. The number of nitrogens with zero attached hydrogens (tertiary/aromatic N) is 2. The molecule has 0 atom stereocenters. The Balaban J connectivity index is 2.54. The molecule has 0 aliphatic carbocycles. The summed E-state index contributed by atoms with van der Waals surface area (Å²) in [6, 6.07) is 0. The van der Waals surface area contributed by atoms with Crippen LogP contribution in [0.15, 0.2) is 0 Å². The minimum Gasteiger partial charge on any atom is -0.335 e. The molecule has 19 heavy (non-hydrogen) atoms. The fourth-order valence-electron chi connectivity index (χ4n) is 1.81. The molecule has 0 saturated carbocycles. The summed E-state index contributed by atoms with van der Waals surface area (Å²) in [4.78, 5) is 13.6. The summed E-state index contributed by atoms with van der Waals surface area (Å²) in [5.41, 5.74) is 5.31. The van der Waals surface area contributed by atoms with Gasteiger partial charge in [0, 0.05) is 26.2 Å². The SMILES string of the molecule is NCCCN1CCN(C(=O)C(F)(F)C(F)(F)F)CC1. The smallest absolute Gasteiger partial charge is 0.335 e. The quantitative estimate of drug-likeness (QED) is 0.774. The molecule has 0 aromatic heterocycles. The van der Waals surface area contributed by atoms with Crippen molar-refractivity contribution in [3.05, 3.63) is 0 Å². The molecule has 1 aliphatic heterocycles. The summed E-state index contributed by atoms with van der Waals surface area (Å²) in [7, 11) is 0. The minimum absolute atomic E-state index is 0.130. The number of nitrogens with two attached hydrogens (primary N) is 1. The van der Waals surface area contributed by atoms with E-state index in [1.54, 1.807) is 0 Å². The van der Waals surface area contributed by atoms with Crippen LogP contribution in [-0.2, 0) is 4.79 Å². The van der Waals surface area contributed by atoms with Crippen molar-refractivity contribution in [1.82, 2.24) is 9.80 Å². The van der Waals surface area contributed by atoms with Gasteiger partial charge in [-0.3, -0.25) is 9.69 Å². The third kappa shape index (κ3) is 3.75. The third-order valence-corrected chi connectivity index (χ3v) is 2.96. The van der Waals surface area contributed by atoms with Crippen molar-refractivity contribution in [2.24, 2.45) is 5.73 Å². The van der Waals surface area contributed by atoms with E-state index < -0.39 is 18.0 Å². The first-order chi connectivity index (χ1) is 8.70. The molecule has 1 rings (SSSR count). The first kappa shape index (κ1) is 16.1. The average Bonchev–Trinajstić information content (AvgIpc) is 2.34. The van der Waals surface area contributed by atoms with E-state index in [1.807, 2.05) is 4.90 Å². The van der Waals surface area contributed by atoms with Crippen LogP contribution in [0.2, 0.25) is 0 Å². The molecule has 9 heteroatoms. The maximum Gasteiger partial charge on any atom is 0.463 e. The molecule has 0 aromatic rings. The predicted molar refractivity (Wildman–Crippen MR) is 57.7 cm³/mol. The Morgan fingerprint density at radius 3 is 2.00 bits per heavy atom. The molecule has 0 radical (unpaired) electrons. The van der Waals surface area contributed by atoms with Crippen molar-refractivity contribution in [2.75, 3.05) is 39.3 Å². The lowest BCUT2D eigenvalue weighted by Gasteiger charge is -2.36. The van der Waals surface area contributed by atoms with Gasteiger partial charge in [-0.1, -0.05) is 0 Å². The highest BCUT2D eigenvalue weighted by Gasteiger charge is 2.64. The zero-order chi connectivity index (χ0) is 14.7. The Morgan fingerprint density at radius 2 is 1.58 bits per heavy atom. The molecule has 2 N–H and O–H groups in total. The summed E-state index contributed by atoms with van der Waals surface area (Å²) in [6.45, 7) is 1.42. The Bertz CT molecular complexity index is 313. The molecule has 1 aliphatic rings. The molecule has 1 saturated heterocycles. The Morgan fingerprint density at radius 1 is 1.05 bits per heavy atom. The van der Waals surface area contributed by atoms with Gasteiger partial charge in [0.25, 0.3) is 0 Å². The number of halogens is 5. The van der Waals surface area contributed by atoms with E-state index in [4.69, 9.17) is 5.73 Å².